The Morgan fingerprint density at radius 1 is 1.27 bits per heavy atom. The van der Waals surface area contributed by atoms with Crippen molar-refractivity contribution in [3.05, 3.63) is 18.3 Å². The molecule has 0 aromatic carbocycles. The van der Waals surface area contributed by atoms with Gasteiger partial charge in [0.25, 0.3) is 0 Å². The van der Waals surface area contributed by atoms with Gasteiger partial charge in [-0.15, -0.1) is 0 Å². The van der Waals surface area contributed by atoms with Crippen molar-refractivity contribution < 1.29 is 0 Å². The Kier molecular flexibility index (Phi) is 3.06. The normalized spacial score (nSPS) is 17.9. The van der Waals surface area contributed by atoms with Crippen molar-refractivity contribution in [3.8, 4) is 0 Å². The van der Waals surface area contributed by atoms with E-state index in [1.807, 2.05) is 19.3 Å². The van der Waals surface area contributed by atoms with Crippen LogP contribution in [0.25, 0.3) is 0 Å². The molecule has 0 atom stereocenters. The highest BCUT2D eigenvalue weighted by atomic mass is 15.3. The van der Waals surface area contributed by atoms with Gasteiger partial charge in [0, 0.05) is 51.2 Å². The molecule has 2 heterocycles. The number of nitrogens with zero attached hydrogens (tertiary/aromatic N) is 3. The van der Waals surface area contributed by atoms with Crippen molar-refractivity contribution in [2.75, 3.05) is 50.5 Å². The van der Waals surface area contributed by atoms with Gasteiger partial charge in [-0.25, -0.2) is 4.98 Å². The first-order valence-corrected chi connectivity index (χ1v) is 5.37. The third-order valence-corrected chi connectivity index (χ3v) is 2.86. The average Bonchev–Trinajstić information content (AvgIpc) is 2.30. The predicted octanol–water partition coefficient (Wildman–Crippen LogP) is 0.875. The minimum absolute atomic E-state index is 1.07. The third-order valence-electron chi connectivity index (χ3n) is 2.86. The van der Waals surface area contributed by atoms with Gasteiger partial charge in [0.1, 0.15) is 5.82 Å². The highest BCUT2D eigenvalue weighted by Gasteiger charge is 2.14. The second-order valence-corrected chi connectivity index (χ2v) is 3.94. The molecule has 15 heavy (non-hydrogen) atoms. The maximum absolute atomic E-state index is 4.40. The SMILES string of the molecule is CNc1ccnc(N2CCN(C)CC2)c1. The minimum Gasteiger partial charge on any atom is -0.388 e. The van der Waals surface area contributed by atoms with Crippen LogP contribution in [0.5, 0.6) is 0 Å². The Bertz CT molecular complexity index is 318. The molecule has 0 unspecified atom stereocenters. The number of aromatic nitrogens is 1. The molecule has 1 fully saturated rings. The summed E-state index contributed by atoms with van der Waals surface area (Å²) in [6, 6.07) is 4.09. The van der Waals surface area contributed by atoms with E-state index in [-0.39, 0.29) is 0 Å². The molecule has 4 heteroatoms. The highest BCUT2D eigenvalue weighted by Crippen LogP contribution is 2.16. The monoisotopic (exact) mass is 206 g/mol. The summed E-state index contributed by atoms with van der Waals surface area (Å²) in [7, 11) is 4.10. The van der Waals surface area contributed by atoms with Gasteiger partial charge in [-0.05, 0) is 13.1 Å². The number of hydrogen-bond acceptors (Lipinski definition) is 4. The van der Waals surface area contributed by atoms with Gasteiger partial charge in [-0.3, -0.25) is 0 Å². The first-order valence-electron chi connectivity index (χ1n) is 5.37. The maximum atomic E-state index is 4.40. The Balaban J connectivity index is 2.08. The van der Waals surface area contributed by atoms with Gasteiger partial charge >= 0.3 is 0 Å². The summed E-state index contributed by atoms with van der Waals surface area (Å²) in [5, 5.41) is 3.14. The summed E-state index contributed by atoms with van der Waals surface area (Å²) >= 11 is 0. The van der Waals surface area contributed by atoms with E-state index in [9.17, 15) is 0 Å². The fourth-order valence-corrected chi connectivity index (χ4v) is 1.78. The van der Waals surface area contributed by atoms with Crippen molar-refractivity contribution >= 4 is 11.5 Å². The van der Waals surface area contributed by atoms with Gasteiger partial charge in [0.15, 0.2) is 0 Å². The molecular weight excluding hydrogens is 188 g/mol. The Labute approximate surface area is 90.9 Å². The lowest BCUT2D eigenvalue weighted by molar-refractivity contribution is 0.312. The molecule has 0 amide bonds. The molecule has 1 aliphatic heterocycles. The first kappa shape index (κ1) is 10.2. The van der Waals surface area contributed by atoms with Gasteiger partial charge in [-0.1, -0.05) is 0 Å². The number of anilines is 2. The quantitative estimate of drug-likeness (QED) is 0.778. The van der Waals surface area contributed by atoms with Crippen LogP contribution in [0.1, 0.15) is 0 Å². The molecule has 0 radical (unpaired) electrons. The van der Waals surface area contributed by atoms with E-state index < -0.39 is 0 Å². The van der Waals surface area contributed by atoms with Gasteiger partial charge in [-0.2, -0.15) is 0 Å². The summed E-state index contributed by atoms with van der Waals surface area (Å²) in [4.78, 5) is 9.08. The summed E-state index contributed by atoms with van der Waals surface area (Å²) < 4.78 is 0. The lowest BCUT2D eigenvalue weighted by atomic mass is 10.3. The maximum Gasteiger partial charge on any atom is 0.130 e. The smallest absolute Gasteiger partial charge is 0.130 e. The average molecular weight is 206 g/mol. The van der Waals surface area contributed by atoms with Crippen LogP contribution < -0.4 is 10.2 Å². The lowest BCUT2D eigenvalue weighted by Crippen LogP contribution is -2.44. The summed E-state index contributed by atoms with van der Waals surface area (Å²) in [6.07, 6.45) is 1.86. The van der Waals surface area contributed by atoms with Crippen molar-refractivity contribution in [3.63, 3.8) is 0 Å². The molecule has 1 aromatic rings. The first-order chi connectivity index (χ1) is 7.29. The van der Waals surface area contributed by atoms with Crippen LogP contribution >= 0.6 is 0 Å². The van der Waals surface area contributed by atoms with Crippen LogP contribution in [0.4, 0.5) is 11.5 Å². The van der Waals surface area contributed by atoms with Crippen molar-refractivity contribution in [1.82, 2.24) is 9.88 Å². The Hall–Kier alpha value is -1.29. The van der Waals surface area contributed by atoms with Crippen LogP contribution in [0, 0.1) is 0 Å². The van der Waals surface area contributed by atoms with E-state index in [2.05, 4.69) is 33.2 Å². The zero-order valence-corrected chi connectivity index (χ0v) is 9.40. The number of hydrogen-bond donors (Lipinski definition) is 1. The molecule has 1 N–H and O–H groups in total. The molecule has 82 valence electrons. The summed E-state index contributed by atoms with van der Waals surface area (Å²) in [5.74, 6) is 1.08. The molecular formula is C11H18N4. The largest absolute Gasteiger partial charge is 0.388 e. The van der Waals surface area contributed by atoms with Gasteiger partial charge in [0.05, 0.1) is 0 Å². The minimum atomic E-state index is 1.07. The van der Waals surface area contributed by atoms with Crippen LogP contribution in [-0.2, 0) is 0 Å². The molecule has 4 nitrogen and oxygen atoms in total. The second-order valence-electron chi connectivity index (χ2n) is 3.94. The number of rotatable bonds is 2. The van der Waals surface area contributed by atoms with Crippen LogP contribution in [0.3, 0.4) is 0 Å². The van der Waals surface area contributed by atoms with E-state index in [4.69, 9.17) is 0 Å². The standard InChI is InChI=1S/C11H18N4/c1-12-10-3-4-13-11(9-10)15-7-5-14(2)6-8-15/h3-4,9H,5-8H2,1-2H3,(H,12,13). The highest BCUT2D eigenvalue weighted by molar-refractivity contribution is 5.53. The zero-order valence-electron chi connectivity index (χ0n) is 9.40. The van der Waals surface area contributed by atoms with E-state index in [1.165, 1.54) is 0 Å². The van der Waals surface area contributed by atoms with Crippen LogP contribution in [0.15, 0.2) is 18.3 Å². The van der Waals surface area contributed by atoms with Gasteiger partial charge in [0.2, 0.25) is 0 Å². The fraction of sp³-hybridized carbons (Fsp3) is 0.545. The van der Waals surface area contributed by atoms with E-state index in [0.717, 1.165) is 37.7 Å². The fourth-order valence-electron chi connectivity index (χ4n) is 1.78. The summed E-state index contributed by atoms with van der Waals surface area (Å²) in [6.45, 7) is 4.37. The van der Waals surface area contributed by atoms with Gasteiger partial charge < -0.3 is 15.1 Å². The molecule has 0 bridgehead atoms. The van der Waals surface area contributed by atoms with E-state index in [1.54, 1.807) is 0 Å². The molecule has 0 saturated carbocycles. The third kappa shape index (κ3) is 2.39. The number of pyridine rings is 1. The second kappa shape index (κ2) is 4.49. The molecule has 1 saturated heterocycles. The van der Waals surface area contributed by atoms with E-state index in [0.29, 0.717) is 0 Å². The predicted molar refractivity (Wildman–Crippen MR) is 63.5 cm³/mol. The number of nitrogens with one attached hydrogen (secondary N) is 1. The summed E-state index contributed by atoms with van der Waals surface area (Å²) in [5.41, 5.74) is 1.12. The Morgan fingerprint density at radius 3 is 2.67 bits per heavy atom. The molecule has 1 aliphatic rings. The molecule has 2 rings (SSSR count). The van der Waals surface area contributed by atoms with E-state index >= 15 is 0 Å². The number of piperazine rings is 1. The zero-order chi connectivity index (χ0) is 10.7. The molecule has 1 aromatic heterocycles. The topological polar surface area (TPSA) is 31.4 Å². The van der Waals surface area contributed by atoms with Crippen molar-refractivity contribution in [1.29, 1.82) is 0 Å². The lowest BCUT2D eigenvalue weighted by Gasteiger charge is -2.33. The molecule has 0 spiro atoms. The van der Waals surface area contributed by atoms with Crippen LogP contribution in [-0.4, -0.2) is 50.2 Å². The van der Waals surface area contributed by atoms with Crippen LogP contribution in [0.2, 0.25) is 0 Å². The number of likely N-dealkylation sites (N-methyl/N-ethyl adjacent to an activating group) is 1. The van der Waals surface area contributed by atoms with Crippen molar-refractivity contribution in [2.24, 2.45) is 0 Å². The Morgan fingerprint density at radius 2 is 2.00 bits per heavy atom. The molecule has 0 aliphatic carbocycles. The van der Waals surface area contributed by atoms with Crippen molar-refractivity contribution in [2.45, 2.75) is 0 Å².